The molecule has 0 saturated heterocycles. The Kier molecular flexibility index (Phi) is 10.4. The number of nitrogens with zero attached hydrogens (tertiary/aromatic N) is 3. The minimum atomic E-state index is 0. The first-order chi connectivity index (χ1) is 13.1. The predicted molar refractivity (Wildman–Crippen MR) is 125 cm³/mol. The van der Waals surface area contributed by atoms with Crippen molar-refractivity contribution >= 4 is 35.8 Å². The molecular formula is C20H30IN5O2. The van der Waals surface area contributed by atoms with E-state index in [2.05, 4.69) is 26.7 Å². The van der Waals surface area contributed by atoms with Crippen LogP contribution in [0.4, 0.5) is 5.82 Å². The molecule has 28 heavy (non-hydrogen) atoms. The van der Waals surface area contributed by atoms with Crippen molar-refractivity contribution < 1.29 is 9.47 Å². The summed E-state index contributed by atoms with van der Waals surface area (Å²) in [6.07, 6.45) is 1.82. The van der Waals surface area contributed by atoms with Crippen LogP contribution in [0.3, 0.4) is 0 Å². The molecule has 1 aromatic heterocycles. The van der Waals surface area contributed by atoms with Gasteiger partial charge in [-0.05, 0) is 42.3 Å². The second-order valence-electron chi connectivity index (χ2n) is 6.15. The fraction of sp³-hybridized carbons (Fsp3) is 0.400. The van der Waals surface area contributed by atoms with Gasteiger partial charge in [-0.2, -0.15) is 0 Å². The third-order valence-corrected chi connectivity index (χ3v) is 3.94. The van der Waals surface area contributed by atoms with Gasteiger partial charge in [0.2, 0.25) is 0 Å². The van der Waals surface area contributed by atoms with Crippen LogP contribution in [0.25, 0.3) is 0 Å². The molecule has 0 saturated carbocycles. The molecule has 0 amide bonds. The summed E-state index contributed by atoms with van der Waals surface area (Å²) < 4.78 is 10.6. The highest BCUT2D eigenvalue weighted by molar-refractivity contribution is 14.0. The van der Waals surface area contributed by atoms with Crippen molar-refractivity contribution in [2.45, 2.75) is 20.0 Å². The van der Waals surface area contributed by atoms with Crippen LogP contribution in [0.5, 0.6) is 11.5 Å². The Morgan fingerprint density at radius 2 is 1.79 bits per heavy atom. The Bertz CT molecular complexity index is 768. The van der Waals surface area contributed by atoms with Gasteiger partial charge >= 0.3 is 0 Å². The Morgan fingerprint density at radius 1 is 1.04 bits per heavy atom. The number of hydrogen-bond acceptors (Lipinski definition) is 5. The lowest BCUT2D eigenvalue weighted by Crippen LogP contribution is -2.36. The Morgan fingerprint density at radius 3 is 2.43 bits per heavy atom. The molecule has 0 bridgehead atoms. The zero-order valence-corrected chi connectivity index (χ0v) is 19.5. The Hall–Kier alpha value is -2.23. The van der Waals surface area contributed by atoms with Crippen LogP contribution in [-0.2, 0) is 13.1 Å². The summed E-state index contributed by atoms with van der Waals surface area (Å²) in [6, 6.07) is 9.88. The number of pyridine rings is 1. The third kappa shape index (κ3) is 7.06. The smallest absolute Gasteiger partial charge is 0.191 e. The predicted octanol–water partition coefficient (Wildman–Crippen LogP) is 3.04. The molecule has 154 valence electrons. The van der Waals surface area contributed by atoms with Crippen LogP contribution >= 0.6 is 24.0 Å². The van der Waals surface area contributed by atoms with Gasteiger partial charge in [-0.15, -0.1) is 24.0 Å². The molecule has 0 spiro atoms. The molecule has 0 radical (unpaired) electrons. The fourth-order valence-electron chi connectivity index (χ4n) is 2.49. The van der Waals surface area contributed by atoms with E-state index in [1.165, 1.54) is 0 Å². The van der Waals surface area contributed by atoms with Crippen LogP contribution in [0.1, 0.15) is 18.1 Å². The van der Waals surface area contributed by atoms with Crippen LogP contribution in [0.15, 0.2) is 41.5 Å². The largest absolute Gasteiger partial charge is 0.493 e. The van der Waals surface area contributed by atoms with Gasteiger partial charge in [0.05, 0.1) is 20.8 Å². The highest BCUT2D eigenvalue weighted by atomic mass is 127. The van der Waals surface area contributed by atoms with Crippen LogP contribution in [-0.4, -0.2) is 45.8 Å². The van der Waals surface area contributed by atoms with Crippen molar-refractivity contribution in [3.63, 3.8) is 0 Å². The standard InChI is InChI=1S/C20H29N5O2.HI/c1-6-21-20(24-14-16-9-10-22-19(12-16)25(2)3)23-13-15-7-8-17(26-4)18(11-15)27-5;/h7-12H,6,13-14H2,1-5H3,(H2,21,23,24);1H. The molecule has 0 atom stereocenters. The minimum Gasteiger partial charge on any atom is -0.493 e. The van der Waals surface area contributed by atoms with Crippen molar-refractivity contribution in [2.75, 3.05) is 39.8 Å². The zero-order chi connectivity index (χ0) is 19.6. The van der Waals surface area contributed by atoms with E-state index in [4.69, 9.17) is 9.47 Å². The highest BCUT2D eigenvalue weighted by Crippen LogP contribution is 2.27. The fourth-order valence-corrected chi connectivity index (χ4v) is 2.49. The summed E-state index contributed by atoms with van der Waals surface area (Å²) in [4.78, 5) is 11.0. The molecule has 1 heterocycles. The quantitative estimate of drug-likeness (QED) is 0.331. The lowest BCUT2D eigenvalue weighted by molar-refractivity contribution is 0.354. The number of halogens is 1. The van der Waals surface area contributed by atoms with E-state index in [-0.39, 0.29) is 24.0 Å². The summed E-state index contributed by atoms with van der Waals surface area (Å²) in [6.45, 7) is 4.04. The maximum absolute atomic E-state index is 5.35. The van der Waals surface area contributed by atoms with E-state index in [0.717, 1.165) is 29.4 Å². The summed E-state index contributed by atoms with van der Waals surface area (Å²) in [5, 5.41) is 6.63. The van der Waals surface area contributed by atoms with E-state index in [9.17, 15) is 0 Å². The maximum atomic E-state index is 5.35. The summed E-state index contributed by atoms with van der Waals surface area (Å²) in [5.41, 5.74) is 2.19. The molecule has 1 aromatic carbocycles. The van der Waals surface area contributed by atoms with Gasteiger partial charge in [-0.1, -0.05) is 6.07 Å². The van der Waals surface area contributed by atoms with Gasteiger partial charge in [0.15, 0.2) is 17.5 Å². The van der Waals surface area contributed by atoms with E-state index < -0.39 is 0 Å². The van der Waals surface area contributed by atoms with Crippen LogP contribution < -0.4 is 25.0 Å². The summed E-state index contributed by atoms with van der Waals surface area (Å²) >= 11 is 0. The second kappa shape index (κ2) is 12.3. The van der Waals surface area contributed by atoms with Crippen LogP contribution in [0.2, 0.25) is 0 Å². The van der Waals surface area contributed by atoms with Gasteiger partial charge in [0.25, 0.3) is 0 Å². The molecule has 7 nitrogen and oxygen atoms in total. The Balaban J connectivity index is 0.00000392. The van der Waals surface area contributed by atoms with E-state index >= 15 is 0 Å². The molecule has 0 aliphatic carbocycles. The van der Waals surface area contributed by atoms with Gasteiger partial charge < -0.3 is 25.0 Å². The van der Waals surface area contributed by atoms with Crippen molar-refractivity contribution in [3.05, 3.63) is 47.7 Å². The topological polar surface area (TPSA) is 71.0 Å². The van der Waals surface area contributed by atoms with Crippen molar-refractivity contribution in [3.8, 4) is 11.5 Å². The summed E-state index contributed by atoms with van der Waals surface area (Å²) in [7, 11) is 7.22. The van der Waals surface area contributed by atoms with Gasteiger partial charge in [-0.3, -0.25) is 0 Å². The molecular weight excluding hydrogens is 469 g/mol. The van der Waals surface area contributed by atoms with Gasteiger partial charge in [-0.25, -0.2) is 9.98 Å². The first-order valence-corrected chi connectivity index (χ1v) is 8.92. The number of methoxy groups -OCH3 is 2. The number of aromatic nitrogens is 1. The number of benzene rings is 1. The number of hydrogen-bond donors (Lipinski definition) is 2. The van der Waals surface area contributed by atoms with E-state index in [0.29, 0.717) is 24.6 Å². The molecule has 0 unspecified atom stereocenters. The number of ether oxygens (including phenoxy) is 2. The molecule has 0 fully saturated rings. The van der Waals surface area contributed by atoms with Crippen LogP contribution in [0, 0.1) is 0 Å². The lowest BCUT2D eigenvalue weighted by atomic mass is 10.2. The first-order valence-electron chi connectivity index (χ1n) is 8.92. The van der Waals surface area contributed by atoms with E-state index in [1.54, 1.807) is 14.2 Å². The van der Waals surface area contributed by atoms with E-state index in [1.807, 2.05) is 56.4 Å². The monoisotopic (exact) mass is 499 g/mol. The molecule has 0 aliphatic rings. The normalized spacial score (nSPS) is 10.7. The highest BCUT2D eigenvalue weighted by Gasteiger charge is 2.05. The number of aliphatic imine (C=N–C) groups is 1. The number of nitrogens with one attached hydrogen (secondary N) is 2. The number of rotatable bonds is 8. The maximum Gasteiger partial charge on any atom is 0.191 e. The van der Waals surface area contributed by atoms with Crippen molar-refractivity contribution in [1.29, 1.82) is 0 Å². The SMILES string of the molecule is CCNC(=NCc1ccc(OC)c(OC)c1)NCc1ccnc(N(C)C)c1.I. The molecule has 2 N–H and O–H groups in total. The average molecular weight is 499 g/mol. The molecule has 8 heteroatoms. The van der Waals surface area contributed by atoms with Gasteiger partial charge in [0, 0.05) is 33.4 Å². The zero-order valence-electron chi connectivity index (χ0n) is 17.2. The number of guanidine groups is 1. The molecule has 0 aliphatic heterocycles. The average Bonchev–Trinajstić information content (AvgIpc) is 2.70. The third-order valence-electron chi connectivity index (χ3n) is 3.94. The number of anilines is 1. The second-order valence-corrected chi connectivity index (χ2v) is 6.15. The molecule has 2 rings (SSSR count). The molecule has 2 aromatic rings. The van der Waals surface area contributed by atoms with Crippen molar-refractivity contribution in [2.24, 2.45) is 4.99 Å². The van der Waals surface area contributed by atoms with Gasteiger partial charge in [0.1, 0.15) is 5.82 Å². The Labute approximate surface area is 184 Å². The first kappa shape index (κ1) is 23.8. The lowest BCUT2D eigenvalue weighted by Gasteiger charge is -2.14. The van der Waals surface area contributed by atoms with Crippen molar-refractivity contribution in [1.82, 2.24) is 15.6 Å². The summed E-state index contributed by atoms with van der Waals surface area (Å²) in [5.74, 6) is 3.11. The minimum absolute atomic E-state index is 0.